The third kappa shape index (κ3) is 4.11. The van der Waals surface area contributed by atoms with E-state index < -0.39 is 4.92 Å². The minimum Gasteiger partial charge on any atom is -0.342 e. The molecule has 2 aromatic carbocycles. The van der Waals surface area contributed by atoms with Crippen LogP contribution in [0.1, 0.15) is 28.5 Å². The van der Waals surface area contributed by atoms with E-state index >= 15 is 0 Å². The summed E-state index contributed by atoms with van der Waals surface area (Å²) in [6.45, 7) is 1.87. The first-order valence-corrected chi connectivity index (χ1v) is 10.0. The molecule has 1 atom stereocenters. The van der Waals surface area contributed by atoms with Gasteiger partial charge in [-0.25, -0.2) is 9.67 Å². The lowest BCUT2D eigenvalue weighted by atomic mass is 10.2. The van der Waals surface area contributed by atoms with Crippen molar-refractivity contribution in [3.8, 4) is 16.9 Å². The van der Waals surface area contributed by atoms with Crippen LogP contribution in [0.25, 0.3) is 16.9 Å². The molecule has 2 heterocycles. The molecule has 1 amide bonds. The number of non-ortho nitro benzene ring substituents is 1. The monoisotopic (exact) mass is 419 g/mol. The Morgan fingerprint density at radius 3 is 2.57 bits per heavy atom. The Morgan fingerprint density at radius 1 is 1.13 bits per heavy atom. The first kappa shape index (κ1) is 19.5. The number of nitrogens with one attached hydrogen (secondary N) is 1. The lowest BCUT2D eigenvalue weighted by Crippen LogP contribution is -2.27. The average molecular weight is 419 g/mol. The summed E-state index contributed by atoms with van der Waals surface area (Å²) in [4.78, 5) is 27.5. The molecule has 0 saturated carbocycles. The van der Waals surface area contributed by atoms with Gasteiger partial charge in [0.2, 0.25) is 0 Å². The van der Waals surface area contributed by atoms with Crippen molar-refractivity contribution in [3.63, 3.8) is 0 Å². The lowest BCUT2D eigenvalue weighted by molar-refractivity contribution is -0.384. The molecule has 0 saturated heterocycles. The zero-order valence-electron chi connectivity index (χ0n) is 15.9. The zero-order chi connectivity index (χ0) is 21.1. The normalized spacial score (nSPS) is 11.8. The maximum Gasteiger partial charge on any atom is 0.272 e. The summed E-state index contributed by atoms with van der Waals surface area (Å²) < 4.78 is 1.50. The van der Waals surface area contributed by atoms with Crippen molar-refractivity contribution in [2.24, 2.45) is 0 Å². The summed E-state index contributed by atoms with van der Waals surface area (Å²) >= 11 is 1.49. The van der Waals surface area contributed by atoms with Crippen molar-refractivity contribution >= 4 is 22.9 Å². The highest BCUT2D eigenvalue weighted by Crippen LogP contribution is 2.25. The molecule has 150 valence electrons. The maximum atomic E-state index is 12.6. The fraction of sp³-hybridized carbons (Fsp3) is 0.0952. The van der Waals surface area contributed by atoms with Crippen LogP contribution in [-0.4, -0.2) is 25.6 Å². The van der Waals surface area contributed by atoms with Crippen molar-refractivity contribution in [1.29, 1.82) is 0 Å². The molecular formula is C21H17N5O3S. The molecule has 8 nitrogen and oxygen atoms in total. The molecule has 0 aliphatic rings. The van der Waals surface area contributed by atoms with Crippen molar-refractivity contribution in [2.45, 2.75) is 13.0 Å². The Balaban J connectivity index is 1.44. The number of rotatable bonds is 6. The number of amides is 1. The van der Waals surface area contributed by atoms with E-state index in [4.69, 9.17) is 0 Å². The molecule has 0 aliphatic carbocycles. The summed E-state index contributed by atoms with van der Waals surface area (Å²) in [5, 5.41) is 20.7. The van der Waals surface area contributed by atoms with E-state index in [0.29, 0.717) is 5.69 Å². The highest BCUT2D eigenvalue weighted by molar-refractivity contribution is 7.10. The molecule has 9 heteroatoms. The molecule has 0 bridgehead atoms. The number of carbonyl (C=O) groups excluding carboxylic acids is 1. The van der Waals surface area contributed by atoms with Gasteiger partial charge in [-0.05, 0) is 25.1 Å². The highest BCUT2D eigenvalue weighted by Gasteiger charge is 2.17. The molecule has 0 aliphatic heterocycles. The summed E-state index contributed by atoms with van der Waals surface area (Å²) in [5.41, 5.74) is 2.77. The quantitative estimate of drug-likeness (QED) is 0.369. The first-order valence-electron chi connectivity index (χ1n) is 9.13. The van der Waals surface area contributed by atoms with Crippen LogP contribution in [0.15, 0.2) is 72.2 Å². The van der Waals surface area contributed by atoms with Crippen LogP contribution >= 0.6 is 11.3 Å². The van der Waals surface area contributed by atoms with Crippen molar-refractivity contribution in [3.05, 3.63) is 93.1 Å². The number of nitro benzene ring substituents is 1. The molecule has 0 radical (unpaired) electrons. The third-order valence-corrected chi connectivity index (χ3v) is 5.48. The Labute approximate surface area is 176 Å². The van der Waals surface area contributed by atoms with Crippen LogP contribution in [0.4, 0.5) is 5.69 Å². The second-order valence-corrected chi connectivity index (χ2v) is 7.44. The van der Waals surface area contributed by atoms with E-state index in [9.17, 15) is 14.9 Å². The van der Waals surface area contributed by atoms with Crippen molar-refractivity contribution in [2.75, 3.05) is 0 Å². The molecule has 4 rings (SSSR count). The number of benzene rings is 2. The van der Waals surface area contributed by atoms with Crippen LogP contribution < -0.4 is 5.32 Å². The largest absolute Gasteiger partial charge is 0.342 e. The Morgan fingerprint density at radius 2 is 1.87 bits per heavy atom. The van der Waals surface area contributed by atoms with E-state index in [1.54, 1.807) is 24.4 Å². The number of nitrogens with zero attached hydrogens (tertiary/aromatic N) is 4. The van der Waals surface area contributed by atoms with E-state index in [1.807, 2.05) is 42.6 Å². The van der Waals surface area contributed by atoms with E-state index in [2.05, 4.69) is 15.4 Å². The Hall–Kier alpha value is -3.85. The van der Waals surface area contributed by atoms with Gasteiger partial charge in [0.1, 0.15) is 5.01 Å². The third-order valence-electron chi connectivity index (χ3n) is 4.46. The van der Waals surface area contributed by atoms with E-state index in [1.165, 1.54) is 28.2 Å². The van der Waals surface area contributed by atoms with Crippen molar-refractivity contribution < 1.29 is 9.72 Å². The van der Waals surface area contributed by atoms with Gasteiger partial charge in [0, 0.05) is 29.3 Å². The van der Waals surface area contributed by atoms with Gasteiger partial charge >= 0.3 is 0 Å². The van der Waals surface area contributed by atoms with Crippen LogP contribution in [0.5, 0.6) is 0 Å². The smallest absolute Gasteiger partial charge is 0.272 e. The Kier molecular flexibility index (Phi) is 5.36. The molecule has 4 aromatic rings. The molecular weight excluding hydrogens is 402 g/mol. The first-order chi connectivity index (χ1) is 14.5. The Bertz CT molecular complexity index is 1180. The number of hydrogen-bond donors (Lipinski definition) is 1. The van der Waals surface area contributed by atoms with Gasteiger partial charge in [0.05, 0.1) is 22.3 Å². The predicted molar refractivity (Wildman–Crippen MR) is 114 cm³/mol. The minimum atomic E-state index is -0.463. The van der Waals surface area contributed by atoms with E-state index in [0.717, 1.165) is 16.3 Å². The average Bonchev–Trinajstić information content (AvgIpc) is 3.45. The number of carbonyl (C=O) groups is 1. The van der Waals surface area contributed by atoms with Crippen LogP contribution in [-0.2, 0) is 0 Å². The van der Waals surface area contributed by atoms with Gasteiger partial charge in [-0.1, -0.05) is 30.3 Å². The van der Waals surface area contributed by atoms with Gasteiger partial charge in [-0.2, -0.15) is 5.10 Å². The van der Waals surface area contributed by atoms with Crippen LogP contribution in [0.3, 0.4) is 0 Å². The predicted octanol–water partition coefficient (Wildman–Crippen LogP) is 4.40. The fourth-order valence-electron chi connectivity index (χ4n) is 2.88. The maximum absolute atomic E-state index is 12.6. The lowest BCUT2D eigenvalue weighted by Gasteiger charge is -2.09. The number of hydrogen-bond acceptors (Lipinski definition) is 6. The van der Waals surface area contributed by atoms with Crippen LogP contribution in [0.2, 0.25) is 0 Å². The highest BCUT2D eigenvalue weighted by atomic mass is 32.1. The van der Waals surface area contributed by atoms with Gasteiger partial charge in [0.15, 0.2) is 5.69 Å². The second-order valence-electron chi connectivity index (χ2n) is 6.55. The molecule has 1 N–H and O–H groups in total. The molecule has 0 spiro atoms. The van der Waals surface area contributed by atoms with Gasteiger partial charge < -0.3 is 5.32 Å². The zero-order valence-corrected chi connectivity index (χ0v) is 16.7. The second kappa shape index (κ2) is 8.26. The van der Waals surface area contributed by atoms with E-state index in [-0.39, 0.29) is 23.3 Å². The fourth-order valence-corrected chi connectivity index (χ4v) is 3.71. The van der Waals surface area contributed by atoms with Crippen molar-refractivity contribution in [1.82, 2.24) is 20.1 Å². The van der Waals surface area contributed by atoms with Gasteiger partial charge in [-0.3, -0.25) is 14.9 Å². The molecule has 30 heavy (non-hydrogen) atoms. The standard InChI is InChI=1S/C21H17N5O3S/c1-14(21-23-19(13-30-21)15-5-3-2-4-6-15)22-20(27)18-11-12-25(24-18)16-7-9-17(10-8-16)26(28)29/h2-14H,1H3,(H,22,27). The number of thiazole rings is 1. The SMILES string of the molecule is CC(NC(=O)c1ccn(-c2ccc([N+](=O)[O-])cc2)n1)c1nc(-c2ccccc2)cs1. The molecule has 0 fully saturated rings. The summed E-state index contributed by atoms with van der Waals surface area (Å²) in [6, 6.07) is 17.1. The van der Waals surface area contributed by atoms with Gasteiger partial charge in [0.25, 0.3) is 11.6 Å². The summed E-state index contributed by atoms with van der Waals surface area (Å²) in [5.74, 6) is -0.320. The molecule has 2 aromatic heterocycles. The summed E-state index contributed by atoms with van der Waals surface area (Å²) in [6.07, 6.45) is 1.64. The number of nitro groups is 1. The van der Waals surface area contributed by atoms with Gasteiger partial charge in [-0.15, -0.1) is 11.3 Å². The topological polar surface area (TPSA) is 103 Å². The molecule has 1 unspecified atom stereocenters. The van der Waals surface area contributed by atoms with Crippen LogP contribution in [0, 0.1) is 10.1 Å². The number of aromatic nitrogens is 3. The minimum absolute atomic E-state index is 0.00369. The summed E-state index contributed by atoms with van der Waals surface area (Å²) in [7, 11) is 0.